The van der Waals surface area contributed by atoms with Crippen molar-refractivity contribution in [1.29, 1.82) is 0 Å². The summed E-state index contributed by atoms with van der Waals surface area (Å²) in [5, 5.41) is 0. The first kappa shape index (κ1) is 6.99. The molecule has 0 aromatic rings. The molecule has 0 aliphatic carbocycles. The van der Waals surface area contributed by atoms with Gasteiger partial charge in [-0.05, 0) is 13.8 Å². The van der Waals surface area contributed by atoms with Crippen LogP contribution in [-0.4, -0.2) is 24.3 Å². The maximum absolute atomic E-state index is 5.73. The van der Waals surface area contributed by atoms with Crippen LogP contribution in [0.1, 0.15) is 13.8 Å². The molecule has 1 rings (SSSR count). The second-order valence-electron chi connectivity index (χ2n) is 3.24. The molecule has 1 aliphatic heterocycles. The largest absolute Gasteiger partial charge is 0.373 e. The molecule has 2 atom stereocenters. The van der Waals surface area contributed by atoms with Crippen LogP contribution in [0.15, 0.2) is 0 Å². The van der Waals surface area contributed by atoms with E-state index < -0.39 is 0 Å². The minimum Gasteiger partial charge on any atom is -0.373 e. The molecule has 0 saturated carbocycles. The Morgan fingerprint density at radius 3 is 2.11 bits per heavy atom. The quantitative estimate of drug-likeness (QED) is 0.500. The Hall–Kier alpha value is -0.120. The van der Waals surface area contributed by atoms with E-state index in [2.05, 4.69) is 0 Å². The second-order valence-corrected chi connectivity index (χ2v) is 3.24. The fourth-order valence-corrected chi connectivity index (χ4v) is 1.07. The lowest BCUT2D eigenvalue weighted by Crippen LogP contribution is -2.64. The third kappa shape index (κ3) is 1.23. The molecule has 1 saturated heterocycles. The lowest BCUT2D eigenvalue weighted by atomic mass is 9.90. The molecule has 3 heteroatoms. The number of nitrogens with two attached hydrogens (primary N) is 2. The van der Waals surface area contributed by atoms with Gasteiger partial charge in [-0.3, -0.25) is 0 Å². The molecular weight excluding hydrogens is 116 g/mol. The van der Waals surface area contributed by atoms with Gasteiger partial charge in [-0.1, -0.05) is 0 Å². The summed E-state index contributed by atoms with van der Waals surface area (Å²) in [7, 11) is 0. The molecule has 0 aromatic carbocycles. The van der Waals surface area contributed by atoms with Gasteiger partial charge in [-0.15, -0.1) is 0 Å². The van der Waals surface area contributed by atoms with Crippen LogP contribution in [0.3, 0.4) is 0 Å². The molecule has 0 amide bonds. The smallest absolute Gasteiger partial charge is 0.0922 e. The van der Waals surface area contributed by atoms with Crippen LogP contribution < -0.4 is 11.5 Å². The molecule has 54 valence electrons. The topological polar surface area (TPSA) is 61.3 Å². The summed E-state index contributed by atoms with van der Waals surface area (Å²) in [6.45, 7) is 4.51. The Kier molecular flexibility index (Phi) is 1.50. The summed E-state index contributed by atoms with van der Waals surface area (Å²) in [4.78, 5) is 0. The molecule has 3 nitrogen and oxygen atoms in total. The molecule has 1 fully saturated rings. The van der Waals surface area contributed by atoms with Gasteiger partial charge in [0.1, 0.15) is 0 Å². The van der Waals surface area contributed by atoms with Crippen molar-refractivity contribution < 1.29 is 4.74 Å². The van der Waals surface area contributed by atoms with Gasteiger partial charge in [-0.25, -0.2) is 0 Å². The number of hydrogen-bond acceptors (Lipinski definition) is 3. The van der Waals surface area contributed by atoms with Gasteiger partial charge in [-0.2, -0.15) is 0 Å². The van der Waals surface area contributed by atoms with Gasteiger partial charge in [0.05, 0.1) is 18.8 Å². The summed E-state index contributed by atoms with van der Waals surface area (Å²) in [5.41, 5.74) is 11.0. The van der Waals surface area contributed by atoms with Crippen LogP contribution >= 0.6 is 0 Å². The van der Waals surface area contributed by atoms with E-state index in [0.717, 1.165) is 0 Å². The molecule has 9 heavy (non-hydrogen) atoms. The predicted molar refractivity (Wildman–Crippen MR) is 36.0 cm³/mol. The summed E-state index contributed by atoms with van der Waals surface area (Å²) < 4.78 is 5.16. The van der Waals surface area contributed by atoms with Crippen LogP contribution in [0.5, 0.6) is 0 Å². The van der Waals surface area contributed by atoms with Crippen molar-refractivity contribution >= 4 is 0 Å². The first-order valence-electron chi connectivity index (χ1n) is 3.18. The normalized spacial score (nSPS) is 36.0. The van der Waals surface area contributed by atoms with Crippen molar-refractivity contribution in [3.05, 3.63) is 0 Å². The number of rotatable bonds is 1. The summed E-state index contributed by atoms with van der Waals surface area (Å²) >= 11 is 0. The molecule has 2 unspecified atom stereocenters. The van der Waals surface area contributed by atoms with Gasteiger partial charge < -0.3 is 16.2 Å². The Morgan fingerprint density at radius 2 is 2.11 bits per heavy atom. The zero-order chi connectivity index (χ0) is 7.07. The molecule has 0 aromatic heterocycles. The Morgan fingerprint density at radius 1 is 1.56 bits per heavy atom. The highest BCUT2D eigenvalue weighted by molar-refractivity contribution is 4.96. The Bertz CT molecular complexity index is 108. The fraction of sp³-hybridized carbons (Fsp3) is 1.00. The summed E-state index contributed by atoms with van der Waals surface area (Å²) in [5.74, 6) is 0. The maximum atomic E-state index is 5.73. The zero-order valence-corrected chi connectivity index (χ0v) is 5.92. The Labute approximate surface area is 55.4 Å². The van der Waals surface area contributed by atoms with E-state index in [1.54, 1.807) is 0 Å². The number of hydrogen-bond donors (Lipinski definition) is 2. The van der Waals surface area contributed by atoms with E-state index in [1.807, 2.05) is 13.8 Å². The Balaban J connectivity index is 2.44. The first-order valence-corrected chi connectivity index (χ1v) is 3.18. The van der Waals surface area contributed by atoms with E-state index in [1.165, 1.54) is 0 Å². The molecule has 4 N–H and O–H groups in total. The lowest BCUT2D eigenvalue weighted by Gasteiger charge is -2.42. The van der Waals surface area contributed by atoms with Crippen LogP contribution in [0.2, 0.25) is 0 Å². The first-order chi connectivity index (χ1) is 4.02. The molecular formula is C6H14N2O. The standard InChI is InChI=1S/C6H14N2O/c1-6(2,8)5-4(7)3-9-5/h4-5H,3,7-8H2,1-2H3. The van der Waals surface area contributed by atoms with Gasteiger partial charge >= 0.3 is 0 Å². The minimum atomic E-state index is -0.280. The maximum Gasteiger partial charge on any atom is 0.0922 e. The average Bonchev–Trinajstić information content (AvgIpc) is 1.57. The van der Waals surface area contributed by atoms with E-state index >= 15 is 0 Å². The van der Waals surface area contributed by atoms with Crippen molar-refractivity contribution in [2.75, 3.05) is 6.61 Å². The van der Waals surface area contributed by atoms with Crippen molar-refractivity contribution in [3.8, 4) is 0 Å². The van der Waals surface area contributed by atoms with Crippen molar-refractivity contribution in [1.82, 2.24) is 0 Å². The van der Waals surface area contributed by atoms with Crippen molar-refractivity contribution in [2.45, 2.75) is 31.5 Å². The third-order valence-electron chi connectivity index (χ3n) is 1.59. The van der Waals surface area contributed by atoms with Crippen molar-refractivity contribution in [2.24, 2.45) is 11.5 Å². The van der Waals surface area contributed by atoms with Crippen LogP contribution in [0.4, 0.5) is 0 Å². The highest BCUT2D eigenvalue weighted by Crippen LogP contribution is 2.20. The van der Waals surface area contributed by atoms with Gasteiger partial charge in [0.15, 0.2) is 0 Å². The summed E-state index contributed by atoms with van der Waals surface area (Å²) in [6, 6.07) is 0.144. The number of ether oxygens (including phenoxy) is 1. The molecule has 0 radical (unpaired) electrons. The minimum absolute atomic E-state index is 0.0532. The van der Waals surface area contributed by atoms with E-state index in [4.69, 9.17) is 16.2 Å². The zero-order valence-electron chi connectivity index (χ0n) is 5.92. The van der Waals surface area contributed by atoms with E-state index in [0.29, 0.717) is 6.61 Å². The van der Waals surface area contributed by atoms with E-state index in [9.17, 15) is 0 Å². The van der Waals surface area contributed by atoms with Crippen LogP contribution in [0.25, 0.3) is 0 Å². The van der Waals surface area contributed by atoms with Gasteiger partial charge in [0.2, 0.25) is 0 Å². The molecule has 0 spiro atoms. The second kappa shape index (κ2) is 1.94. The lowest BCUT2D eigenvalue weighted by molar-refractivity contribution is -0.105. The average molecular weight is 130 g/mol. The SMILES string of the molecule is CC(C)(N)C1OCC1N. The highest BCUT2D eigenvalue weighted by Gasteiger charge is 2.38. The molecule has 0 bridgehead atoms. The van der Waals surface area contributed by atoms with Crippen molar-refractivity contribution in [3.63, 3.8) is 0 Å². The highest BCUT2D eigenvalue weighted by atomic mass is 16.5. The predicted octanol–water partition coefficient (Wildman–Crippen LogP) is -0.550. The van der Waals surface area contributed by atoms with Gasteiger partial charge in [0.25, 0.3) is 0 Å². The van der Waals surface area contributed by atoms with Crippen LogP contribution in [-0.2, 0) is 4.74 Å². The molecule has 1 aliphatic rings. The third-order valence-corrected chi connectivity index (χ3v) is 1.59. The fourth-order valence-electron chi connectivity index (χ4n) is 1.07. The van der Waals surface area contributed by atoms with E-state index in [-0.39, 0.29) is 17.7 Å². The van der Waals surface area contributed by atoms with Gasteiger partial charge in [0, 0.05) is 5.54 Å². The van der Waals surface area contributed by atoms with Crippen LogP contribution in [0, 0.1) is 0 Å². The monoisotopic (exact) mass is 130 g/mol. The summed E-state index contributed by atoms with van der Waals surface area (Å²) in [6.07, 6.45) is 0.0532. The molecule has 1 heterocycles.